The molecule has 0 amide bonds. The summed E-state index contributed by atoms with van der Waals surface area (Å²) in [6.07, 6.45) is 0. The van der Waals surface area contributed by atoms with Crippen molar-refractivity contribution >= 4 is 16.0 Å². The van der Waals surface area contributed by atoms with E-state index >= 15 is 0 Å². The fourth-order valence-electron chi connectivity index (χ4n) is 3.08. The smallest absolute Gasteiger partial charge is 0.242 e. The van der Waals surface area contributed by atoms with E-state index in [-0.39, 0.29) is 5.54 Å². The minimum absolute atomic E-state index is 0.0480. The Morgan fingerprint density at radius 3 is 2.46 bits per heavy atom. The lowest BCUT2D eigenvalue weighted by Crippen LogP contribution is -2.56. The predicted octanol–water partition coefficient (Wildman–Crippen LogP) is 0.713. The van der Waals surface area contributed by atoms with Crippen molar-refractivity contribution < 1.29 is 13.2 Å². The fraction of sp³-hybridized carbons (Fsp3) is 0.632. The van der Waals surface area contributed by atoms with Crippen molar-refractivity contribution in [2.24, 2.45) is 4.99 Å². The third-order valence-corrected chi connectivity index (χ3v) is 6.87. The molecule has 158 valence electrons. The molecule has 2 N–H and O–H groups in total. The highest BCUT2D eigenvalue weighted by Crippen LogP contribution is 2.18. The van der Waals surface area contributed by atoms with Gasteiger partial charge in [-0.2, -0.15) is 0 Å². The molecule has 1 saturated heterocycles. The Kier molecular flexibility index (Phi) is 7.82. The monoisotopic (exact) mass is 411 g/mol. The number of morpholine rings is 1. The van der Waals surface area contributed by atoms with Crippen LogP contribution < -0.4 is 10.6 Å². The SMILES string of the molecule is CN=C(NCc1ccccc1S(=O)(=O)N(C)C)NCC(C)(C)N1CCOCC1. The highest BCUT2D eigenvalue weighted by atomic mass is 32.2. The summed E-state index contributed by atoms with van der Waals surface area (Å²) in [6.45, 7) is 8.80. The van der Waals surface area contributed by atoms with Gasteiger partial charge in [0.15, 0.2) is 5.96 Å². The quantitative estimate of drug-likeness (QED) is 0.508. The van der Waals surface area contributed by atoms with Gasteiger partial charge in [0.05, 0.1) is 18.1 Å². The van der Waals surface area contributed by atoms with E-state index in [9.17, 15) is 8.42 Å². The fourth-order valence-corrected chi connectivity index (χ4v) is 4.19. The summed E-state index contributed by atoms with van der Waals surface area (Å²) in [4.78, 5) is 6.97. The zero-order valence-corrected chi connectivity index (χ0v) is 18.3. The van der Waals surface area contributed by atoms with E-state index in [1.54, 1.807) is 19.2 Å². The molecule has 1 aliphatic rings. The molecule has 1 aromatic carbocycles. The number of guanidine groups is 1. The molecule has 28 heavy (non-hydrogen) atoms. The predicted molar refractivity (Wildman–Crippen MR) is 112 cm³/mol. The summed E-state index contributed by atoms with van der Waals surface area (Å²) >= 11 is 0. The third kappa shape index (κ3) is 5.66. The zero-order chi connectivity index (χ0) is 20.8. The molecule has 0 aromatic heterocycles. The van der Waals surface area contributed by atoms with E-state index in [4.69, 9.17) is 4.74 Å². The van der Waals surface area contributed by atoms with Crippen LogP contribution >= 0.6 is 0 Å². The number of nitrogens with one attached hydrogen (secondary N) is 2. The molecule has 0 bridgehead atoms. The second kappa shape index (κ2) is 9.69. The highest BCUT2D eigenvalue weighted by molar-refractivity contribution is 7.89. The molecule has 0 radical (unpaired) electrons. The van der Waals surface area contributed by atoms with Crippen molar-refractivity contribution in [2.75, 3.05) is 54.0 Å². The molecule has 0 aliphatic carbocycles. The van der Waals surface area contributed by atoms with E-state index in [2.05, 4.69) is 34.4 Å². The first-order chi connectivity index (χ1) is 13.2. The lowest BCUT2D eigenvalue weighted by Gasteiger charge is -2.41. The van der Waals surface area contributed by atoms with Gasteiger partial charge >= 0.3 is 0 Å². The lowest BCUT2D eigenvalue weighted by molar-refractivity contribution is -0.00834. The maximum Gasteiger partial charge on any atom is 0.242 e. The topological polar surface area (TPSA) is 86.3 Å². The van der Waals surface area contributed by atoms with Crippen molar-refractivity contribution in [3.8, 4) is 0 Å². The van der Waals surface area contributed by atoms with Crippen molar-refractivity contribution in [3.05, 3.63) is 29.8 Å². The van der Waals surface area contributed by atoms with Crippen LogP contribution in [0.1, 0.15) is 19.4 Å². The van der Waals surface area contributed by atoms with Gasteiger partial charge in [0.25, 0.3) is 0 Å². The van der Waals surface area contributed by atoms with E-state index in [1.165, 1.54) is 18.4 Å². The Morgan fingerprint density at radius 2 is 1.86 bits per heavy atom. The molecule has 9 heteroatoms. The Balaban J connectivity index is 2.00. The van der Waals surface area contributed by atoms with Crippen LogP contribution in [0, 0.1) is 0 Å². The summed E-state index contributed by atoms with van der Waals surface area (Å²) in [5.41, 5.74) is 0.652. The summed E-state index contributed by atoms with van der Waals surface area (Å²) in [6, 6.07) is 7.01. The van der Waals surface area contributed by atoms with Crippen molar-refractivity contribution in [2.45, 2.75) is 30.8 Å². The molecule has 0 unspecified atom stereocenters. The molecule has 1 heterocycles. The largest absolute Gasteiger partial charge is 0.379 e. The van der Waals surface area contributed by atoms with Crippen LogP contribution in [0.4, 0.5) is 0 Å². The van der Waals surface area contributed by atoms with E-state index < -0.39 is 10.0 Å². The van der Waals surface area contributed by atoms with Gasteiger partial charge in [-0.3, -0.25) is 9.89 Å². The Bertz CT molecular complexity index is 772. The molecule has 1 aromatic rings. The minimum atomic E-state index is -3.50. The maximum atomic E-state index is 12.5. The van der Waals surface area contributed by atoms with Crippen molar-refractivity contribution in [3.63, 3.8) is 0 Å². The summed E-state index contributed by atoms with van der Waals surface area (Å²) in [5, 5.41) is 6.58. The van der Waals surface area contributed by atoms with Gasteiger partial charge in [-0.25, -0.2) is 12.7 Å². The average Bonchev–Trinajstić information content (AvgIpc) is 2.69. The number of ether oxygens (including phenoxy) is 1. The Morgan fingerprint density at radius 1 is 1.21 bits per heavy atom. The standard InChI is InChI=1S/C19H33N5O3S/c1-19(2,24-10-12-27-13-11-24)15-22-18(20-3)21-14-16-8-6-7-9-17(16)28(25,26)23(4)5/h6-9H,10-15H2,1-5H3,(H2,20,21,22). The van der Waals surface area contributed by atoms with E-state index in [0.29, 0.717) is 29.5 Å². The number of hydrogen-bond acceptors (Lipinski definition) is 5. The summed E-state index contributed by atoms with van der Waals surface area (Å²) in [5.74, 6) is 0.637. The van der Waals surface area contributed by atoms with Crippen molar-refractivity contribution in [1.29, 1.82) is 0 Å². The van der Waals surface area contributed by atoms with Crippen LogP contribution in [0.2, 0.25) is 0 Å². The van der Waals surface area contributed by atoms with Crippen molar-refractivity contribution in [1.82, 2.24) is 19.8 Å². The highest BCUT2D eigenvalue weighted by Gasteiger charge is 2.28. The first kappa shape index (κ1) is 22.6. The molecule has 1 aliphatic heterocycles. The van der Waals surface area contributed by atoms with Crippen LogP contribution in [-0.4, -0.2) is 83.1 Å². The molecule has 8 nitrogen and oxygen atoms in total. The molecule has 2 rings (SSSR count). The Hall–Kier alpha value is -1.68. The first-order valence-electron chi connectivity index (χ1n) is 9.46. The average molecular weight is 412 g/mol. The number of sulfonamides is 1. The van der Waals surface area contributed by atoms with Gasteiger partial charge in [-0.05, 0) is 25.5 Å². The number of hydrogen-bond donors (Lipinski definition) is 2. The zero-order valence-electron chi connectivity index (χ0n) is 17.5. The normalized spacial score (nSPS) is 17.0. The van der Waals surface area contributed by atoms with Crippen LogP contribution in [0.15, 0.2) is 34.2 Å². The van der Waals surface area contributed by atoms with Crippen LogP contribution in [0.25, 0.3) is 0 Å². The molecule has 0 atom stereocenters. The van der Waals surface area contributed by atoms with E-state index in [1.807, 2.05) is 12.1 Å². The van der Waals surface area contributed by atoms with Gasteiger partial charge in [-0.1, -0.05) is 18.2 Å². The molecular formula is C19H33N5O3S. The van der Waals surface area contributed by atoms with E-state index in [0.717, 1.165) is 26.3 Å². The minimum Gasteiger partial charge on any atom is -0.379 e. The molecule has 0 saturated carbocycles. The van der Waals surface area contributed by atoms with Gasteiger partial charge in [0.1, 0.15) is 0 Å². The second-order valence-corrected chi connectivity index (χ2v) is 9.71. The number of aliphatic imine (C=N–C) groups is 1. The van der Waals surface area contributed by atoms with Crippen LogP contribution in [0.5, 0.6) is 0 Å². The number of benzene rings is 1. The molecule has 0 spiro atoms. The summed E-state index contributed by atoms with van der Waals surface area (Å²) < 4.78 is 31.7. The van der Waals surface area contributed by atoms with Crippen LogP contribution in [0.3, 0.4) is 0 Å². The molecular weight excluding hydrogens is 378 g/mol. The van der Waals surface area contributed by atoms with Gasteiger partial charge in [0.2, 0.25) is 10.0 Å². The molecule has 1 fully saturated rings. The van der Waals surface area contributed by atoms with Gasteiger partial charge in [-0.15, -0.1) is 0 Å². The number of rotatable bonds is 7. The van der Waals surface area contributed by atoms with Crippen LogP contribution in [-0.2, 0) is 21.3 Å². The lowest BCUT2D eigenvalue weighted by atomic mass is 10.0. The maximum absolute atomic E-state index is 12.5. The Labute approximate surface area is 169 Å². The first-order valence-corrected chi connectivity index (χ1v) is 10.9. The second-order valence-electron chi connectivity index (χ2n) is 7.59. The summed E-state index contributed by atoms with van der Waals surface area (Å²) in [7, 11) is 1.28. The third-order valence-electron chi connectivity index (χ3n) is 4.96. The van der Waals surface area contributed by atoms with Gasteiger partial charge in [0, 0.05) is 52.9 Å². The van der Waals surface area contributed by atoms with Gasteiger partial charge < -0.3 is 15.4 Å². The number of nitrogens with zero attached hydrogens (tertiary/aromatic N) is 3.